The Morgan fingerprint density at radius 3 is 3.00 bits per heavy atom. The van der Waals surface area contributed by atoms with E-state index >= 15 is 0 Å². The molecule has 1 fully saturated rings. The van der Waals surface area contributed by atoms with Gasteiger partial charge in [-0.3, -0.25) is 4.79 Å². The fraction of sp³-hybridized carbons (Fsp3) is 0.412. The Morgan fingerprint density at radius 1 is 1.46 bits per heavy atom. The number of carbonyl (C=O) groups excluding carboxylic acids is 1. The lowest BCUT2D eigenvalue weighted by Crippen LogP contribution is -2.45. The SMILES string of the molecule is CC1CN(C(=O)Cc2csc(COc3ccc(Cl)cc3)n2)CCO1. The summed E-state index contributed by atoms with van der Waals surface area (Å²) in [5, 5.41) is 3.44. The first-order valence-corrected chi connectivity index (χ1v) is 9.07. The van der Waals surface area contributed by atoms with Gasteiger partial charge >= 0.3 is 0 Å². The van der Waals surface area contributed by atoms with Gasteiger partial charge in [0.25, 0.3) is 0 Å². The minimum atomic E-state index is 0.0978. The lowest BCUT2D eigenvalue weighted by molar-refractivity contribution is -0.137. The molecule has 0 radical (unpaired) electrons. The number of hydrogen-bond donors (Lipinski definition) is 0. The Labute approximate surface area is 150 Å². The van der Waals surface area contributed by atoms with Crippen molar-refractivity contribution in [1.29, 1.82) is 0 Å². The minimum Gasteiger partial charge on any atom is -0.486 e. The Morgan fingerprint density at radius 2 is 2.25 bits per heavy atom. The van der Waals surface area contributed by atoms with Crippen molar-refractivity contribution in [1.82, 2.24) is 9.88 Å². The molecule has 3 rings (SSSR count). The summed E-state index contributed by atoms with van der Waals surface area (Å²) in [5.41, 5.74) is 0.791. The summed E-state index contributed by atoms with van der Waals surface area (Å²) in [7, 11) is 0. The smallest absolute Gasteiger partial charge is 0.228 e. The molecular formula is C17H19ClN2O3S. The van der Waals surface area contributed by atoms with Gasteiger partial charge in [0.15, 0.2) is 0 Å². The molecular weight excluding hydrogens is 348 g/mol. The average molecular weight is 367 g/mol. The van der Waals surface area contributed by atoms with E-state index in [9.17, 15) is 4.79 Å². The van der Waals surface area contributed by atoms with Gasteiger partial charge in [-0.2, -0.15) is 0 Å². The predicted molar refractivity (Wildman–Crippen MR) is 93.6 cm³/mol. The maximum absolute atomic E-state index is 12.3. The maximum atomic E-state index is 12.3. The van der Waals surface area contributed by atoms with Crippen molar-refractivity contribution in [3.8, 4) is 5.75 Å². The van der Waals surface area contributed by atoms with Crippen molar-refractivity contribution < 1.29 is 14.3 Å². The number of aromatic nitrogens is 1. The first-order chi connectivity index (χ1) is 11.6. The lowest BCUT2D eigenvalue weighted by atomic mass is 10.2. The molecule has 1 atom stereocenters. The molecule has 1 aliphatic rings. The van der Waals surface area contributed by atoms with E-state index in [1.807, 2.05) is 29.3 Å². The van der Waals surface area contributed by atoms with Crippen LogP contribution in [-0.4, -0.2) is 41.6 Å². The highest BCUT2D eigenvalue weighted by atomic mass is 35.5. The fourth-order valence-corrected chi connectivity index (χ4v) is 3.32. The first-order valence-electron chi connectivity index (χ1n) is 7.81. The second-order valence-electron chi connectivity index (χ2n) is 5.67. The molecule has 0 bridgehead atoms. The van der Waals surface area contributed by atoms with Crippen LogP contribution in [0.3, 0.4) is 0 Å². The normalized spacial score (nSPS) is 17.8. The number of carbonyl (C=O) groups is 1. The van der Waals surface area contributed by atoms with Crippen molar-refractivity contribution >= 4 is 28.8 Å². The molecule has 0 saturated carbocycles. The van der Waals surface area contributed by atoms with Crippen molar-refractivity contribution in [2.75, 3.05) is 19.7 Å². The zero-order valence-electron chi connectivity index (χ0n) is 13.4. The van der Waals surface area contributed by atoms with Gasteiger partial charge in [0.05, 0.1) is 24.8 Å². The van der Waals surface area contributed by atoms with Crippen molar-refractivity contribution in [3.05, 3.63) is 45.4 Å². The molecule has 5 nitrogen and oxygen atoms in total. The van der Waals surface area contributed by atoms with E-state index < -0.39 is 0 Å². The van der Waals surface area contributed by atoms with Gasteiger partial charge in [0, 0.05) is 23.5 Å². The van der Waals surface area contributed by atoms with E-state index in [2.05, 4.69) is 4.98 Å². The van der Waals surface area contributed by atoms with E-state index in [0.717, 1.165) is 16.5 Å². The van der Waals surface area contributed by atoms with Crippen LogP contribution < -0.4 is 4.74 Å². The minimum absolute atomic E-state index is 0.0978. The van der Waals surface area contributed by atoms with Gasteiger partial charge in [-0.1, -0.05) is 11.6 Å². The molecule has 1 aliphatic heterocycles. The van der Waals surface area contributed by atoms with Crippen LogP contribution in [0.15, 0.2) is 29.6 Å². The van der Waals surface area contributed by atoms with Crippen molar-refractivity contribution in [3.63, 3.8) is 0 Å². The number of ether oxygens (including phenoxy) is 2. The summed E-state index contributed by atoms with van der Waals surface area (Å²) in [6.07, 6.45) is 0.422. The van der Waals surface area contributed by atoms with Crippen molar-refractivity contribution in [2.45, 2.75) is 26.1 Å². The number of halogens is 1. The molecule has 1 aromatic carbocycles. The van der Waals surface area contributed by atoms with Gasteiger partial charge in [-0.15, -0.1) is 11.3 Å². The van der Waals surface area contributed by atoms with E-state index in [-0.39, 0.29) is 12.0 Å². The zero-order chi connectivity index (χ0) is 16.9. The summed E-state index contributed by atoms with van der Waals surface area (Å²) >= 11 is 7.35. The first kappa shape index (κ1) is 17.2. The van der Waals surface area contributed by atoms with Crippen LogP contribution in [0.4, 0.5) is 0 Å². The van der Waals surface area contributed by atoms with Crippen molar-refractivity contribution in [2.24, 2.45) is 0 Å². The highest BCUT2D eigenvalue weighted by Gasteiger charge is 2.22. The van der Waals surface area contributed by atoms with E-state index in [1.54, 1.807) is 12.1 Å². The van der Waals surface area contributed by atoms with Crippen LogP contribution >= 0.6 is 22.9 Å². The lowest BCUT2D eigenvalue weighted by Gasteiger charge is -2.31. The molecule has 24 heavy (non-hydrogen) atoms. The number of hydrogen-bond acceptors (Lipinski definition) is 5. The molecule has 0 spiro atoms. The number of amides is 1. The second-order valence-corrected chi connectivity index (χ2v) is 7.05. The Kier molecular flexibility index (Phi) is 5.71. The van der Waals surface area contributed by atoms with Crippen LogP contribution in [0.1, 0.15) is 17.6 Å². The predicted octanol–water partition coefficient (Wildman–Crippen LogP) is 3.17. The third-order valence-electron chi connectivity index (χ3n) is 3.70. The highest BCUT2D eigenvalue weighted by molar-refractivity contribution is 7.09. The third-order valence-corrected chi connectivity index (χ3v) is 4.82. The molecule has 2 heterocycles. The molecule has 1 saturated heterocycles. The van der Waals surface area contributed by atoms with Crippen LogP contribution in [-0.2, 0) is 22.6 Å². The second kappa shape index (κ2) is 7.96. The van der Waals surface area contributed by atoms with Crippen LogP contribution in [0.25, 0.3) is 0 Å². The maximum Gasteiger partial charge on any atom is 0.228 e. The zero-order valence-corrected chi connectivity index (χ0v) is 15.0. The molecule has 1 aromatic heterocycles. The fourth-order valence-electron chi connectivity index (χ4n) is 2.48. The van der Waals surface area contributed by atoms with Gasteiger partial charge in [0.1, 0.15) is 17.4 Å². The van der Waals surface area contributed by atoms with Crippen LogP contribution in [0.5, 0.6) is 5.75 Å². The summed E-state index contributed by atoms with van der Waals surface area (Å²) in [6.45, 7) is 4.27. The number of benzene rings is 1. The summed E-state index contributed by atoms with van der Waals surface area (Å²) in [5.74, 6) is 0.843. The molecule has 1 unspecified atom stereocenters. The number of nitrogens with zero attached hydrogens (tertiary/aromatic N) is 2. The van der Waals surface area contributed by atoms with E-state index in [4.69, 9.17) is 21.1 Å². The topological polar surface area (TPSA) is 51.7 Å². The Bertz CT molecular complexity index is 689. The van der Waals surface area contributed by atoms with Gasteiger partial charge in [-0.25, -0.2) is 4.98 Å². The van der Waals surface area contributed by atoms with Gasteiger partial charge < -0.3 is 14.4 Å². The molecule has 7 heteroatoms. The number of morpholine rings is 1. The third kappa shape index (κ3) is 4.69. The quantitative estimate of drug-likeness (QED) is 0.815. The standard InChI is InChI=1S/C17H19ClN2O3S/c1-12-9-20(6-7-22-12)17(21)8-14-11-24-16(19-14)10-23-15-4-2-13(18)3-5-15/h2-5,11-12H,6-10H2,1H3. The Hall–Kier alpha value is -1.63. The van der Waals surface area contributed by atoms with Gasteiger partial charge in [-0.05, 0) is 31.2 Å². The monoisotopic (exact) mass is 366 g/mol. The van der Waals surface area contributed by atoms with E-state index in [1.165, 1.54) is 11.3 Å². The van der Waals surface area contributed by atoms with E-state index in [0.29, 0.717) is 37.7 Å². The summed E-state index contributed by atoms with van der Waals surface area (Å²) in [6, 6.07) is 7.21. The highest BCUT2D eigenvalue weighted by Crippen LogP contribution is 2.18. The number of rotatable bonds is 5. The summed E-state index contributed by atoms with van der Waals surface area (Å²) < 4.78 is 11.1. The molecule has 128 valence electrons. The average Bonchev–Trinajstić information content (AvgIpc) is 3.02. The van der Waals surface area contributed by atoms with Crippen LogP contribution in [0, 0.1) is 0 Å². The van der Waals surface area contributed by atoms with Crippen LogP contribution in [0.2, 0.25) is 5.02 Å². The Balaban J connectivity index is 1.51. The number of thiazole rings is 1. The molecule has 1 amide bonds. The molecule has 0 N–H and O–H groups in total. The largest absolute Gasteiger partial charge is 0.486 e. The van der Waals surface area contributed by atoms with Gasteiger partial charge in [0.2, 0.25) is 5.91 Å². The molecule has 0 aliphatic carbocycles. The molecule has 2 aromatic rings. The summed E-state index contributed by atoms with van der Waals surface area (Å²) in [4.78, 5) is 18.7.